The van der Waals surface area contributed by atoms with E-state index in [2.05, 4.69) is 37.9 Å². The number of hydrogen-bond acceptors (Lipinski definition) is 3. The fourth-order valence-corrected chi connectivity index (χ4v) is 3.68. The average molecular weight is 284 g/mol. The molecule has 0 aromatic rings. The van der Waals surface area contributed by atoms with Crippen molar-refractivity contribution in [1.82, 2.24) is 10.2 Å². The fourth-order valence-electron chi connectivity index (χ4n) is 3.68. The van der Waals surface area contributed by atoms with Crippen molar-refractivity contribution >= 4 is 0 Å². The maximum atomic E-state index is 5.53. The Hall–Kier alpha value is -0.120. The molecule has 0 aromatic carbocycles. The molecule has 120 valence electrons. The molecule has 3 nitrogen and oxygen atoms in total. The molecular weight excluding hydrogens is 248 g/mol. The summed E-state index contributed by atoms with van der Waals surface area (Å²) in [6, 6.07) is 0. The van der Waals surface area contributed by atoms with Crippen LogP contribution in [0.4, 0.5) is 0 Å². The predicted molar refractivity (Wildman–Crippen MR) is 87.2 cm³/mol. The van der Waals surface area contributed by atoms with Gasteiger partial charge in [0.25, 0.3) is 0 Å². The smallest absolute Gasteiger partial charge is 0.0593 e. The molecule has 1 aliphatic rings. The summed E-state index contributed by atoms with van der Waals surface area (Å²) in [5.41, 5.74) is 0.482. The van der Waals surface area contributed by atoms with Gasteiger partial charge in [-0.2, -0.15) is 0 Å². The first-order valence-electron chi connectivity index (χ1n) is 8.66. The first-order valence-corrected chi connectivity index (χ1v) is 8.66. The van der Waals surface area contributed by atoms with Gasteiger partial charge in [-0.1, -0.05) is 33.6 Å². The molecule has 0 radical (unpaired) electrons. The molecule has 2 unspecified atom stereocenters. The molecule has 1 aliphatic carbocycles. The molecule has 1 N–H and O–H groups in total. The van der Waals surface area contributed by atoms with E-state index in [0.29, 0.717) is 5.41 Å². The van der Waals surface area contributed by atoms with Gasteiger partial charge in [-0.3, -0.25) is 0 Å². The lowest BCUT2D eigenvalue weighted by Crippen LogP contribution is -2.47. The Bertz CT molecular complexity index is 247. The average Bonchev–Trinajstić information content (AvgIpc) is 2.44. The molecule has 0 aliphatic heterocycles. The van der Waals surface area contributed by atoms with E-state index in [0.717, 1.165) is 38.8 Å². The summed E-state index contributed by atoms with van der Waals surface area (Å²) in [5.74, 6) is 0.882. The maximum Gasteiger partial charge on any atom is 0.0593 e. The van der Waals surface area contributed by atoms with Crippen LogP contribution >= 0.6 is 0 Å². The predicted octanol–water partition coefficient (Wildman–Crippen LogP) is 3.15. The Balaban J connectivity index is 2.56. The zero-order chi connectivity index (χ0) is 14.8. The summed E-state index contributed by atoms with van der Waals surface area (Å²) in [6.07, 6.45) is 5.58. The zero-order valence-corrected chi connectivity index (χ0v) is 14.2. The second kappa shape index (κ2) is 9.75. The second-order valence-corrected chi connectivity index (χ2v) is 6.55. The van der Waals surface area contributed by atoms with Crippen LogP contribution in [-0.4, -0.2) is 50.8 Å². The third-order valence-electron chi connectivity index (χ3n) is 4.70. The molecule has 20 heavy (non-hydrogen) atoms. The normalized spacial score (nSPS) is 27.1. The summed E-state index contributed by atoms with van der Waals surface area (Å²) < 4.78 is 5.53. The van der Waals surface area contributed by atoms with Gasteiger partial charge in [0.1, 0.15) is 0 Å². The van der Waals surface area contributed by atoms with Crippen molar-refractivity contribution < 1.29 is 4.74 Å². The first kappa shape index (κ1) is 17.9. The maximum absolute atomic E-state index is 5.53. The van der Waals surface area contributed by atoms with Crippen LogP contribution in [-0.2, 0) is 4.74 Å². The molecule has 3 heteroatoms. The molecule has 1 fully saturated rings. The van der Waals surface area contributed by atoms with Crippen LogP contribution in [0.1, 0.15) is 53.4 Å². The Morgan fingerprint density at radius 3 is 2.70 bits per heavy atom. The van der Waals surface area contributed by atoms with Gasteiger partial charge in [0.05, 0.1) is 6.61 Å². The lowest BCUT2D eigenvalue weighted by molar-refractivity contribution is 0.0586. The summed E-state index contributed by atoms with van der Waals surface area (Å²) >= 11 is 0. The highest BCUT2D eigenvalue weighted by Gasteiger charge is 2.35. The summed E-state index contributed by atoms with van der Waals surface area (Å²) in [6.45, 7) is 16.4. The molecule has 1 rings (SSSR count). The number of ether oxygens (including phenoxy) is 1. The lowest BCUT2D eigenvalue weighted by atomic mass is 9.69. The van der Waals surface area contributed by atoms with Gasteiger partial charge in [0.2, 0.25) is 0 Å². The minimum absolute atomic E-state index is 0.482. The van der Waals surface area contributed by atoms with Crippen LogP contribution in [0, 0.1) is 11.3 Å². The van der Waals surface area contributed by atoms with Gasteiger partial charge in [0, 0.05) is 26.2 Å². The largest absolute Gasteiger partial charge is 0.380 e. The number of hydrogen-bond donors (Lipinski definition) is 1. The van der Waals surface area contributed by atoms with Gasteiger partial charge in [-0.05, 0) is 44.2 Å². The third-order valence-corrected chi connectivity index (χ3v) is 4.70. The van der Waals surface area contributed by atoms with Crippen LogP contribution in [0.3, 0.4) is 0 Å². The van der Waals surface area contributed by atoms with Crippen LogP contribution in [0.15, 0.2) is 0 Å². The number of nitrogens with zero attached hydrogens (tertiary/aromatic N) is 1. The molecule has 0 heterocycles. The van der Waals surface area contributed by atoms with Crippen molar-refractivity contribution in [2.75, 3.05) is 45.9 Å². The van der Waals surface area contributed by atoms with Gasteiger partial charge in [-0.15, -0.1) is 0 Å². The standard InChI is InChI=1S/C17H36N2O/c1-5-18-14-17(10-8-9-16(4)13-17)15-19(6-2)11-12-20-7-3/h16,18H,5-15H2,1-4H3. The molecular formula is C17H36N2O. The van der Waals surface area contributed by atoms with E-state index in [9.17, 15) is 0 Å². The molecule has 1 saturated carbocycles. The molecule has 0 bridgehead atoms. The van der Waals surface area contributed by atoms with Crippen molar-refractivity contribution in [3.05, 3.63) is 0 Å². The number of nitrogens with one attached hydrogen (secondary N) is 1. The SMILES string of the molecule is CCNCC1(CN(CC)CCOCC)CCCC(C)C1. The van der Waals surface area contributed by atoms with Gasteiger partial charge < -0.3 is 15.0 Å². The molecule has 0 spiro atoms. The number of likely N-dealkylation sites (N-methyl/N-ethyl adjacent to an activating group) is 1. The number of rotatable bonds is 10. The Labute approximate surface area is 126 Å². The monoisotopic (exact) mass is 284 g/mol. The van der Waals surface area contributed by atoms with Crippen molar-refractivity contribution in [2.45, 2.75) is 53.4 Å². The van der Waals surface area contributed by atoms with Crippen molar-refractivity contribution in [3.63, 3.8) is 0 Å². The van der Waals surface area contributed by atoms with Gasteiger partial charge in [0.15, 0.2) is 0 Å². The zero-order valence-electron chi connectivity index (χ0n) is 14.2. The summed E-state index contributed by atoms with van der Waals surface area (Å²) in [7, 11) is 0. The van der Waals surface area contributed by atoms with E-state index >= 15 is 0 Å². The highest BCUT2D eigenvalue weighted by molar-refractivity contribution is 4.89. The van der Waals surface area contributed by atoms with Crippen LogP contribution < -0.4 is 5.32 Å². The van der Waals surface area contributed by atoms with E-state index in [1.54, 1.807) is 0 Å². The van der Waals surface area contributed by atoms with E-state index < -0.39 is 0 Å². The minimum atomic E-state index is 0.482. The molecule has 0 aromatic heterocycles. The fraction of sp³-hybridized carbons (Fsp3) is 1.00. The van der Waals surface area contributed by atoms with E-state index in [1.165, 1.54) is 38.8 Å². The third kappa shape index (κ3) is 6.11. The Morgan fingerprint density at radius 1 is 1.30 bits per heavy atom. The van der Waals surface area contributed by atoms with Crippen LogP contribution in [0.5, 0.6) is 0 Å². The Kier molecular flexibility index (Phi) is 8.74. The first-order chi connectivity index (χ1) is 9.65. The quantitative estimate of drug-likeness (QED) is 0.624. The lowest BCUT2D eigenvalue weighted by Gasteiger charge is -2.43. The van der Waals surface area contributed by atoms with E-state index in [4.69, 9.17) is 4.74 Å². The van der Waals surface area contributed by atoms with Crippen LogP contribution in [0.25, 0.3) is 0 Å². The molecule has 0 amide bonds. The topological polar surface area (TPSA) is 24.5 Å². The van der Waals surface area contributed by atoms with Crippen molar-refractivity contribution in [2.24, 2.45) is 11.3 Å². The van der Waals surface area contributed by atoms with Crippen molar-refractivity contribution in [3.8, 4) is 0 Å². The summed E-state index contributed by atoms with van der Waals surface area (Å²) in [5, 5.41) is 3.62. The second-order valence-electron chi connectivity index (χ2n) is 6.55. The molecule has 0 saturated heterocycles. The Morgan fingerprint density at radius 2 is 2.10 bits per heavy atom. The molecule has 2 atom stereocenters. The van der Waals surface area contributed by atoms with Crippen LogP contribution in [0.2, 0.25) is 0 Å². The van der Waals surface area contributed by atoms with Gasteiger partial charge >= 0.3 is 0 Å². The summed E-state index contributed by atoms with van der Waals surface area (Å²) in [4.78, 5) is 2.59. The van der Waals surface area contributed by atoms with Gasteiger partial charge in [-0.25, -0.2) is 0 Å². The van der Waals surface area contributed by atoms with Crippen molar-refractivity contribution in [1.29, 1.82) is 0 Å². The highest BCUT2D eigenvalue weighted by Crippen LogP contribution is 2.39. The minimum Gasteiger partial charge on any atom is -0.380 e. The van der Waals surface area contributed by atoms with E-state index in [-0.39, 0.29) is 0 Å². The van der Waals surface area contributed by atoms with E-state index in [1.807, 2.05) is 0 Å². The highest BCUT2D eigenvalue weighted by atomic mass is 16.5.